The van der Waals surface area contributed by atoms with Crippen molar-refractivity contribution in [3.8, 4) is 6.01 Å². The largest absolute Gasteiger partial charge is 0.464 e. The molecule has 20 heavy (non-hydrogen) atoms. The number of primary amides is 1. The molecule has 1 aromatic heterocycles. The van der Waals surface area contributed by atoms with E-state index >= 15 is 0 Å². The Kier molecular flexibility index (Phi) is 4.54. The van der Waals surface area contributed by atoms with Crippen LogP contribution in [0.15, 0.2) is 0 Å². The van der Waals surface area contributed by atoms with Crippen LogP contribution in [0.5, 0.6) is 6.01 Å². The molecule has 1 atom stereocenters. The number of anilines is 2. The molecule has 0 spiro atoms. The first kappa shape index (κ1) is 14.3. The van der Waals surface area contributed by atoms with E-state index in [4.69, 9.17) is 10.5 Å². The van der Waals surface area contributed by atoms with Gasteiger partial charge in [-0.1, -0.05) is 0 Å². The molecule has 3 N–H and O–H groups in total. The molecule has 1 amide bonds. The second-order valence-corrected chi connectivity index (χ2v) is 4.46. The predicted octanol–water partition coefficient (Wildman–Crippen LogP) is 0.156. The number of amides is 1. The number of nitrogens with one attached hydrogen (secondary N) is 1. The van der Waals surface area contributed by atoms with Gasteiger partial charge in [-0.05, 0) is 26.7 Å². The molecule has 2 heterocycles. The Balaban J connectivity index is 2.31. The molecular weight excluding hydrogens is 260 g/mol. The standard InChI is InChI=1S/C12H20N6O2/c1-3-14-10-15-11(17-12(16-10)20-4-2)18-7-5-6-8(18)9(13)19/h8H,3-7H2,1-2H3,(H2,13,19)(H,14,15,16,17). The van der Waals surface area contributed by atoms with Gasteiger partial charge in [0.25, 0.3) is 0 Å². The second kappa shape index (κ2) is 6.36. The highest BCUT2D eigenvalue weighted by Gasteiger charge is 2.31. The van der Waals surface area contributed by atoms with Crippen LogP contribution in [-0.4, -0.2) is 46.6 Å². The zero-order valence-electron chi connectivity index (χ0n) is 11.8. The molecule has 0 bridgehead atoms. The smallest absolute Gasteiger partial charge is 0.323 e. The van der Waals surface area contributed by atoms with Gasteiger partial charge >= 0.3 is 6.01 Å². The maximum Gasteiger partial charge on any atom is 0.323 e. The van der Waals surface area contributed by atoms with E-state index in [0.717, 1.165) is 12.8 Å². The van der Waals surface area contributed by atoms with Gasteiger partial charge in [-0.25, -0.2) is 0 Å². The number of nitrogens with zero attached hydrogens (tertiary/aromatic N) is 4. The average Bonchev–Trinajstić information content (AvgIpc) is 2.88. The number of rotatable bonds is 6. The van der Waals surface area contributed by atoms with Gasteiger partial charge in [-0.15, -0.1) is 0 Å². The summed E-state index contributed by atoms with van der Waals surface area (Å²) >= 11 is 0. The average molecular weight is 280 g/mol. The first-order valence-corrected chi connectivity index (χ1v) is 6.84. The third kappa shape index (κ3) is 3.06. The van der Waals surface area contributed by atoms with Crippen LogP contribution >= 0.6 is 0 Å². The quantitative estimate of drug-likeness (QED) is 0.764. The zero-order chi connectivity index (χ0) is 14.5. The number of aromatic nitrogens is 3. The molecule has 1 aromatic rings. The Bertz CT molecular complexity index is 457. The van der Waals surface area contributed by atoms with Crippen molar-refractivity contribution in [3.63, 3.8) is 0 Å². The fourth-order valence-corrected chi connectivity index (χ4v) is 2.21. The molecule has 1 aliphatic heterocycles. The van der Waals surface area contributed by atoms with Crippen molar-refractivity contribution in [1.29, 1.82) is 0 Å². The van der Waals surface area contributed by atoms with Crippen molar-refractivity contribution in [1.82, 2.24) is 15.0 Å². The molecule has 8 nitrogen and oxygen atoms in total. The van der Waals surface area contributed by atoms with Crippen molar-refractivity contribution >= 4 is 17.8 Å². The maximum absolute atomic E-state index is 11.5. The van der Waals surface area contributed by atoms with E-state index in [1.807, 2.05) is 18.7 Å². The Morgan fingerprint density at radius 2 is 2.25 bits per heavy atom. The van der Waals surface area contributed by atoms with Gasteiger partial charge < -0.3 is 20.7 Å². The van der Waals surface area contributed by atoms with Crippen molar-refractivity contribution < 1.29 is 9.53 Å². The minimum absolute atomic E-state index is 0.253. The summed E-state index contributed by atoms with van der Waals surface area (Å²) in [6.45, 7) is 5.67. The number of ether oxygens (including phenoxy) is 1. The van der Waals surface area contributed by atoms with E-state index < -0.39 is 0 Å². The van der Waals surface area contributed by atoms with E-state index in [0.29, 0.717) is 31.6 Å². The highest BCUT2D eigenvalue weighted by Crippen LogP contribution is 2.24. The molecule has 1 saturated heterocycles. The minimum Gasteiger partial charge on any atom is -0.464 e. The molecule has 0 aromatic carbocycles. The summed E-state index contributed by atoms with van der Waals surface area (Å²) in [5.41, 5.74) is 5.42. The molecule has 1 aliphatic rings. The van der Waals surface area contributed by atoms with Crippen LogP contribution in [-0.2, 0) is 4.79 Å². The molecule has 0 saturated carbocycles. The van der Waals surface area contributed by atoms with Crippen molar-refractivity contribution in [2.45, 2.75) is 32.7 Å². The number of hydrogen-bond acceptors (Lipinski definition) is 7. The summed E-state index contributed by atoms with van der Waals surface area (Å²) < 4.78 is 5.34. The fraction of sp³-hybridized carbons (Fsp3) is 0.667. The predicted molar refractivity (Wildman–Crippen MR) is 74.7 cm³/mol. The van der Waals surface area contributed by atoms with Crippen molar-refractivity contribution in [2.24, 2.45) is 5.73 Å². The van der Waals surface area contributed by atoms with E-state index in [-0.39, 0.29) is 18.0 Å². The monoisotopic (exact) mass is 280 g/mol. The van der Waals surface area contributed by atoms with Gasteiger partial charge in [0.15, 0.2) is 0 Å². The molecular formula is C12H20N6O2. The Labute approximate surface area is 117 Å². The van der Waals surface area contributed by atoms with Crippen molar-refractivity contribution in [2.75, 3.05) is 29.9 Å². The summed E-state index contributed by atoms with van der Waals surface area (Å²) in [7, 11) is 0. The first-order chi connectivity index (χ1) is 9.65. The van der Waals surface area contributed by atoms with Gasteiger partial charge in [0, 0.05) is 13.1 Å². The highest BCUT2D eigenvalue weighted by atomic mass is 16.5. The van der Waals surface area contributed by atoms with E-state index in [9.17, 15) is 4.79 Å². The first-order valence-electron chi connectivity index (χ1n) is 6.84. The molecule has 110 valence electrons. The van der Waals surface area contributed by atoms with Crippen LogP contribution < -0.4 is 20.7 Å². The van der Waals surface area contributed by atoms with E-state index in [1.54, 1.807) is 0 Å². The highest BCUT2D eigenvalue weighted by molar-refractivity contribution is 5.83. The zero-order valence-corrected chi connectivity index (χ0v) is 11.8. The number of hydrogen-bond donors (Lipinski definition) is 2. The van der Waals surface area contributed by atoms with E-state index in [1.165, 1.54) is 0 Å². The summed E-state index contributed by atoms with van der Waals surface area (Å²) in [6, 6.07) is -0.107. The van der Waals surface area contributed by atoms with Gasteiger partial charge in [-0.3, -0.25) is 4.79 Å². The summed E-state index contributed by atoms with van der Waals surface area (Å²) in [6.07, 6.45) is 1.61. The molecule has 0 radical (unpaired) electrons. The normalized spacial score (nSPS) is 18.1. The SMILES string of the molecule is CCNc1nc(OCC)nc(N2CCCC2C(N)=O)n1. The van der Waals surface area contributed by atoms with Gasteiger partial charge in [0.05, 0.1) is 6.61 Å². The van der Waals surface area contributed by atoms with Gasteiger partial charge in [0.1, 0.15) is 6.04 Å². The van der Waals surface area contributed by atoms with Crippen LogP contribution in [0, 0.1) is 0 Å². The van der Waals surface area contributed by atoms with Crippen LogP contribution in [0.1, 0.15) is 26.7 Å². The Hall–Kier alpha value is -2.12. The lowest BCUT2D eigenvalue weighted by molar-refractivity contribution is -0.119. The Morgan fingerprint density at radius 1 is 1.45 bits per heavy atom. The summed E-state index contributed by atoms with van der Waals surface area (Å²) in [4.78, 5) is 26.0. The van der Waals surface area contributed by atoms with Crippen LogP contribution in [0.25, 0.3) is 0 Å². The van der Waals surface area contributed by atoms with Crippen LogP contribution in [0.2, 0.25) is 0 Å². The van der Waals surface area contributed by atoms with Crippen LogP contribution in [0.4, 0.5) is 11.9 Å². The lowest BCUT2D eigenvalue weighted by Gasteiger charge is -2.22. The lowest BCUT2D eigenvalue weighted by Crippen LogP contribution is -2.41. The van der Waals surface area contributed by atoms with Gasteiger partial charge in [0.2, 0.25) is 17.8 Å². The molecule has 1 fully saturated rings. The second-order valence-electron chi connectivity index (χ2n) is 4.46. The topological polar surface area (TPSA) is 106 Å². The van der Waals surface area contributed by atoms with E-state index in [2.05, 4.69) is 20.3 Å². The van der Waals surface area contributed by atoms with Crippen LogP contribution in [0.3, 0.4) is 0 Å². The Morgan fingerprint density at radius 3 is 2.90 bits per heavy atom. The third-order valence-corrected chi connectivity index (χ3v) is 3.05. The molecule has 1 unspecified atom stereocenters. The maximum atomic E-state index is 11.5. The minimum atomic E-state index is -0.360. The van der Waals surface area contributed by atoms with Gasteiger partial charge in [-0.2, -0.15) is 15.0 Å². The fourth-order valence-electron chi connectivity index (χ4n) is 2.21. The molecule has 8 heteroatoms. The number of carbonyl (C=O) groups excluding carboxylic acids is 1. The number of nitrogens with two attached hydrogens (primary N) is 1. The number of carbonyl (C=O) groups is 1. The summed E-state index contributed by atoms with van der Waals surface area (Å²) in [5, 5.41) is 3.03. The van der Waals surface area contributed by atoms with Crippen molar-refractivity contribution in [3.05, 3.63) is 0 Å². The third-order valence-electron chi connectivity index (χ3n) is 3.05. The summed E-state index contributed by atoms with van der Waals surface area (Å²) in [5.74, 6) is 0.516. The lowest BCUT2D eigenvalue weighted by atomic mass is 10.2. The molecule has 2 rings (SSSR count). The molecule has 0 aliphatic carbocycles.